The second-order valence-corrected chi connectivity index (χ2v) is 5.47. The van der Waals surface area contributed by atoms with E-state index in [4.69, 9.17) is 4.74 Å². The highest BCUT2D eigenvalue weighted by Gasteiger charge is 2.42. The summed E-state index contributed by atoms with van der Waals surface area (Å²) in [6.07, 6.45) is 3.59. The van der Waals surface area contributed by atoms with Crippen molar-refractivity contribution in [1.82, 2.24) is 0 Å². The molecule has 0 amide bonds. The summed E-state index contributed by atoms with van der Waals surface area (Å²) in [5.41, 5.74) is -0.331. The molecule has 2 rings (SSSR count). The standard InChI is InChI=1S/C16H21FO2/c1-3-19-16(9-5-6-12(2)11-16)15(18)13-7-4-8-14(17)10-13/h4,7-8,10,12H,3,5-6,9,11H2,1-2H3. The molecule has 2 atom stereocenters. The van der Waals surface area contributed by atoms with Crippen LogP contribution in [-0.2, 0) is 4.74 Å². The average Bonchev–Trinajstić information content (AvgIpc) is 2.38. The van der Waals surface area contributed by atoms with Crippen LogP contribution in [0.1, 0.15) is 49.9 Å². The van der Waals surface area contributed by atoms with E-state index in [0.717, 1.165) is 25.7 Å². The van der Waals surface area contributed by atoms with Gasteiger partial charge in [-0.1, -0.05) is 25.5 Å². The monoisotopic (exact) mass is 264 g/mol. The van der Waals surface area contributed by atoms with Gasteiger partial charge in [0, 0.05) is 12.2 Å². The molecule has 0 spiro atoms. The van der Waals surface area contributed by atoms with Gasteiger partial charge in [-0.2, -0.15) is 0 Å². The summed E-state index contributed by atoms with van der Waals surface area (Å²) < 4.78 is 19.1. The fraction of sp³-hybridized carbons (Fsp3) is 0.562. The Morgan fingerprint density at radius 1 is 1.53 bits per heavy atom. The first-order chi connectivity index (χ1) is 9.07. The van der Waals surface area contributed by atoms with Gasteiger partial charge in [-0.25, -0.2) is 4.39 Å². The highest BCUT2D eigenvalue weighted by Crippen LogP contribution is 2.37. The minimum atomic E-state index is -0.750. The Morgan fingerprint density at radius 2 is 2.32 bits per heavy atom. The Balaban J connectivity index is 2.30. The third kappa shape index (κ3) is 3.03. The molecule has 1 aromatic carbocycles. The zero-order chi connectivity index (χ0) is 13.9. The van der Waals surface area contributed by atoms with Crippen LogP contribution < -0.4 is 0 Å². The number of hydrogen-bond donors (Lipinski definition) is 0. The van der Waals surface area contributed by atoms with Crippen molar-refractivity contribution in [3.63, 3.8) is 0 Å². The van der Waals surface area contributed by atoms with Crippen molar-refractivity contribution in [2.24, 2.45) is 5.92 Å². The molecule has 0 bridgehead atoms. The van der Waals surface area contributed by atoms with E-state index in [0.29, 0.717) is 18.1 Å². The lowest BCUT2D eigenvalue weighted by Gasteiger charge is -2.38. The maximum Gasteiger partial charge on any atom is 0.194 e. The van der Waals surface area contributed by atoms with Gasteiger partial charge in [0.2, 0.25) is 0 Å². The lowest BCUT2D eigenvalue weighted by molar-refractivity contribution is -0.0511. The van der Waals surface area contributed by atoms with E-state index < -0.39 is 5.60 Å². The van der Waals surface area contributed by atoms with Gasteiger partial charge < -0.3 is 4.74 Å². The van der Waals surface area contributed by atoms with Crippen LogP contribution in [0.2, 0.25) is 0 Å². The fourth-order valence-electron chi connectivity index (χ4n) is 3.08. The SMILES string of the molecule is CCOC1(C(=O)c2cccc(F)c2)CCCC(C)C1. The minimum absolute atomic E-state index is 0.0691. The van der Waals surface area contributed by atoms with E-state index in [9.17, 15) is 9.18 Å². The molecule has 0 radical (unpaired) electrons. The van der Waals surface area contributed by atoms with Crippen molar-refractivity contribution in [3.05, 3.63) is 35.6 Å². The molecule has 0 aromatic heterocycles. The van der Waals surface area contributed by atoms with E-state index in [1.807, 2.05) is 6.92 Å². The van der Waals surface area contributed by atoms with Crippen LogP contribution in [0.15, 0.2) is 24.3 Å². The summed E-state index contributed by atoms with van der Waals surface area (Å²) in [5.74, 6) is 0.0274. The van der Waals surface area contributed by atoms with Gasteiger partial charge in [0.25, 0.3) is 0 Å². The first-order valence-electron chi connectivity index (χ1n) is 7.02. The summed E-state index contributed by atoms with van der Waals surface area (Å²) in [6.45, 7) is 4.56. The van der Waals surface area contributed by atoms with E-state index in [1.54, 1.807) is 12.1 Å². The van der Waals surface area contributed by atoms with E-state index in [1.165, 1.54) is 12.1 Å². The van der Waals surface area contributed by atoms with Crippen LogP contribution in [0, 0.1) is 11.7 Å². The molecule has 1 fully saturated rings. The summed E-state index contributed by atoms with van der Waals surface area (Å²) in [5, 5.41) is 0. The van der Waals surface area contributed by atoms with Crippen molar-refractivity contribution in [3.8, 4) is 0 Å². The zero-order valence-corrected chi connectivity index (χ0v) is 11.6. The van der Waals surface area contributed by atoms with Crippen molar-refractivity contribution in [2.45, 2.75) is 45.1 Å². The highest BCUT2D eigenvalue weighted by molar-refractivity contribution is 6.02. The predicted molar refractivity (Wildman–Crippen MR) is 72.7 cm³/mol. The first kappa shape index (κ1) is 14.2. The number of halogens is 1. The minimum Gasteiger partial charge on any atom is -0.367 e. The van der Waals surface area contributed by atoms with Crippen molar-refractivity contribution < 1.29 is 13.9 Å². The molecule has 19 heavy (non-hydrogen) atoms. The molecule has 104 valence electrons. The molecule has 1 saturated carbocycles. The topological polar surface area (TPSA) is 26.3 Å². The lowest BCUT2D eigenvalue weighted by Crippen LogP contribution is -2.45. The van der Waals surface area contributed by atoms with E-state index in [2.05, 4.69) is 6.92 Å². The number of Topliss-reactive ketones (excluding diaryl/α,β-unsaturated/α-hetero) is 1. The van der Waals surface area contributed by atoms with Gasteiger partial charge in [0.15, 0.2) is 5.78 Å². The first-order valence-corrected chi connectivity index (χ1v) is 7.02. The third-order valence-electron chi connectivity index (χ3n) is 3.88. The summed E-state index contributed by atoms with van der Waals surface area (Å²) >= 11 is 0. The van der Waals surface area contributed by atoms with Crippen molar-refractivity contribution in [1.29, 1.82) is 0 Å². The number of carbonyl (C=O) groups excluding carboxylic acids is 1. The largest absolute Gasteiger partial charge is 0.367 e. The maximum absolute atomic E-state index is 13.3. The van der Waals surface area contributed by atoms with Crippen molar-refractivity contribution >= 4 is 5.78 Å². The van der Waals surface area contributed by atoms with Gasteiger partial charge >= 0.3 is 0 Å². The van der Waals surface area contributed by atoms with Gasteiger partial charge in [0.1, 0.15) is 11.4 Å². The van der Waals surface area contributed by atoms with Crippen LogP contribution in [0.25, 0.3) is 0 Å². The number of carbonyl (C=O) groups is 1. The number of hydrogen-bond acceptors (Lipinski definition) is 2. The highest BCUT2D eigenvalue weighted by atomic mass is 19.1. The van der Waals surface area contributed by atoms with Gasteiger partial charge in [-0.15, -0.1) is 0 Å². The zero-order valence-electron chi connectivity index (χ0n) is 11.6. The summed E-state index contributed by atoms with van der Waals surface area (Å²) in [4.78, 5) is 12.7. The Hall–Kier alpha value is -1.22. The fourth-order valence-corrected chi connectivity index (χ4v) is 3.08. The van der Waals surface area contributed by atoms with Gasteiger partial charge in [0.05, 0.1) is 0 Å². The second-order valence-electron chi connectivity index (χ2n) is 5.47. The van der Waals surface area contributed by atoms with E-state index in [-0.39, 0.29) is 11.6 Å². The lowest BCUT2D eigenvalue weighted by atomic mass is 9.75. The van der Waals surface area contributed by atoms with Gasteiger partial charge in [-0.05, 0) is 44.2 Å². The van der Waals surface area contributed by atoms with Crippen molar-refractivity contribution in [2.75, 3.05) is 6.61 Å². The van der Waals surface area contributed by atoms with E-state index >= 15 is 0 Å². The maximum atomic E-state index is 13.3. The normalized spacial score (nSPS) is 27.2. The Kier molecular flexibility index (Phi) is 4.35. The molecule has 1 aromatic rings. The molecule has 0 saturated heterocycles. The Bertz CT molecular complexity index is 454. The summed E-state index contributed by atoms with van der Waals surface area (Å²) in [7, 11) is 0. The molecule has 1 aliphatic rings. The molecule has 3 heteroatoms. The number of ether oxygens (including phenoxy) is 1. The molecule has 0 N–H and O–H groups in total. The van der Waals surface area contributed by atoms with Crippen LogP contribution >= 0.6 is 0 Å². The molecular weight excluding hydrogens is 243 g/mol. The Morgan fingerprint density at radius 3 is 2.95 bits per heavy atom. The second kappa shape index (κ2) is 5.83. The van der Waals surface area contributed by atoms with Crippen LogP contribution in [0.4, 0.5) is 4.39 Å². The molecule has 2 nitrogen and oxygen atoms in total. The smallest absolute Gasteiger partial charge is 0.194 e. The van der Waals surface area contributed by atoms with Crippen LogP contribution in [-0.4, -0.2) is 18.0 Å². The number of benzene rings is 1. The molecular formula is C16H21FO2. The molecule has 1 aliphatic carbocycles. The summed E-state index contributed by atoms with van der Waals surface area (Å²) in [6, 6.07) is 5.91. The molecule has 0 heterocycles. The number of ketones is 1. The number of rotatable bonds is 4. The third-order valence-corrected chi connectivity index (χ3v) is 3.88. The van der Waals surface area contributed by atoms with Gasteiger partial charge in [-0.3, -0.25) is 4.79 Å². The quantitative estimate of drug-likeness (QED) is 0.768. The predicted octanol–water partition coefficient (Wildman–Crippen LogP) is 3.99. The van der Waals surface area contributed by atoms with Crippen LogP contribution in [0.3, 0.4) is 0 Å². The molecule has 0 aliphatic heterocycles. The Labute approximate surface area is 114 Å². The van der Waals surface area contributed by atoms with Crippen LogP contribution in [0.5, 0.6) is 0 Å². The average molecular weight is 264 g/mol. The molecule has 2 unspecified atom stereocenters.